The molecular weight excluding hydrogens is 128 g/mol. The predicted molar refractivity (Wildman–Crippen MR) is 40.9 cm³/mol. The smallest absolute Gasteiger partial charge is 0.0636 e. The van der Waals surface area contributed by atoms with Crippen LogP contribution < -0.4 is 5.73 Å². The second-order valence-electron chi connectivity index (χ2n) is 3.06. The van der Waals surface area contributed by atoms with Gasteiger partial charge in [0.15, 0.2) is 0 Å². The van der Waals surface area contributed by atoms with Crippen LogP contribution in [0.15, 0.2) is 0 Å². The molecule has 1 saturated heterocycles. The summed E-state index contributed by atoms with van der Waals surface area (Å²) in [6.45, 7) is 1.61. The molecule has 0 aromatic carbocycles. The van der Waals surface area contributed by atoms with E-state index in [9.17, 15) is 0 Å². The summed E-state index contributed by atoms with van der Waals surface area (Å²) in [6, 6.07) is 0.706. The third-order valence-electron chi connectivity index (χ3n) is 2.04. The maximum Gasteiger partial charge on any atom is 0.0636 e. The largest absolute Gasteiger partial charge is 0.380 e. The van der Waals surface area contributed by atoms with Gasteiger partial charge in [0, 0.05) is 18.7 Å². The summed E-state index contributed by atoms with van der Waals surface area (Å²) < 4.78 is 5.29. The van der Waals surface area contributed by atoms with E-state index in [-0.39, 0.29) is 0 Å². The molecule has 3 heteroatoms. The van der Waals surface area contributed by atoms with E-state index in [1.807, 2.05) is 14.1 Å². The van der Waals surface area contributed by atoms with E-state index in [0.717, 1.165) is 19.6 Å². The summed E-state index contributed by atoms with van der Waals surface area (Å²) in [5, 5.41) is 0. The van der Waals surface area contributed by atoms with Crippen LogP contribution in [-0.4, -0.2) is 44.3 Å². The lowest BCUT2D eigenvalue weighted by molar-refractivity contribution is 0.0238. The Kier molecular flexibility index (Phi) is 2.65. The molecule has 10 heavy (non-hydrogen) atoms. The third kappa shape index (κ3) is 1.68. The van der Waals surface area contributed by atoms with E-state index in [2.05, 4.69) is 4.90 Å². The molecule has 2 atom stereocenters. The molecule has 2 N–H and O–H groups in total. The molecule has 1 aliphatic heterocycles. The highest BCUT2D eigenvalue weighted by Crippen LogP contribution is 2.08. The topological polar surface area (TPSA) is 38.5 Å². The van der Waals surface area contributed by atoms with Gasteiger partial charge in [0.25, 0.3) is 0 Å². The molecule has 0 aromatic rings. The zero-order valence-corrected chi connectivity index (χ0v) is 6.71. The van der Waals surface area contributed by atoms with Crippen LogP contribution in [0.3, 0.4) is 0 Å². The minimum Gasteiger partial charge on any atom is -0.380 e. The van der Waals surface area contributed by atoms with Crippen LogP contribution >= 0.6 is 0 Å². The molecule has 0 aromatic heterocycles. The van der Waals surface area contributed by atoms with Crippen molar-refractivity contribution in [2.75, 3.05) is 27.3 Å². The highest BCUT2D eigenvalue weighted by atomic mass is 16.5. The van der Waals surface area contributed by atoms with Gasteiger partial charge in [-0.25, -0.2) is 0 Å². The fraction of sp³-hybridized carbons (Fsp3) is 1.00. The van der Waals surface area contributed by atoms with Crippen LogP contribution in [0.25, 0.3) is 0 Å². The van der Waals surface area contributed by atoms with Crippen molar-refractivity contribution >= 4 is 0 Å². The first-order valence-electron chi connectivity index (χ1n) is 3.71. The van der Waals surface area contributed by atoms with E-state index in [0.29, 0.717) is 12.1 Å². The number of hydrogen-bond acceptors (Lipinski definition) is 3. The van der Waals surface area contributed by atoms with Gasteiger partial charge in [0.05, 0.1) is 6.61 Å². The van der Waals surface area contributed by atoms with Gasteiger partial charge in [-0.3, -0.25) is 0 Å². The summed E-state index contributed by atoms with van der Waals surface area (Å²) in [5.41, 5.74) is 5.86. The van der Waals surface area contributed by atoms with Crippen LogP contribution in [0.5, 0.6) is 0 Å². The zero-order valence-electron chi connectivity index (χ0n) is 6.71. The molecule has 0 radical (unpaired) electrons. The van der Waals surface area contributed by atoms with Crippen molar-refractivity contribution in [3.63, 3.8) is 0 Å². The molecule has 1 fully saturated rings. The first-order valence-corrected chi connectivity index (χ1v) is 3.71. The summed E-state index contributed by atoms with van der Waals surface area (Å²) in [5.74, 6) is 0. The average molecular weight is 144 g/mol. The van der Waals surface area contributed by atoms with Crippen molar-refractivity contribution in [3.05, 3.63) is 0 Å². The van der Waals surface area contributed by atoms with E-state index in [1.165, 1.54) is 0 Å². The SMILES string of the molecule is CN(C)C1COCC[C@H]1N. The fourth-order valence-electron chi connectivity index (χ4n) is 1.27. The molecule has 0 spiro atoms. The van der Waals surface area contributed by atoms with Gasteiger partial charge in [-0.1, -0.05) is 0 Å². The second kappa shape index (κ2) is 3.32. The Bertz CT molecular complexity index is 106. The second-order valence-corrected chi connectivity index (χ2v) is 3.06. The fourth-order valence-corrected chi connectivity index (χ4v) is 1.27. The molecule has 0 saturated carbocycles. The maximum atomic E-state index is 5.86. The van der Waals surface area contributed by atoms with Gasteiger partial charge < -0.3 is 15.4 Å². The highest BCUT2D eigenvalue weighted by Gasteiger charge is 2.23. The van der Waals surface area contributed by atoms with Crippen LogP contribution in [0.2, 0.25) is 0 Å². The van der Waals surface area contributed by atoms with Gasteiger partial charge in [0.1, 0.15) is 0 Å². The van der Waals surface area contributed by atoms with Gasteiger partial charge in [-0.15, -0.1) is 0 Å². The van der Waals surface area contributed by atoms with Crippen molar-refractivity contribution in [2.24, 2.45) is 5.73 Å². The lowest BCUT2D eigenvalue weighted by atomic mass is 10.0. The molecular formula is C7H16N2O. The number of rotatable bonds is 1. The minimum atomic E-state index is 0.295. The maximum absolute atomic E-state index is 5.86. The van der Waals surface area contributed by atoms with Crippen molar-refractivity contribution in [1.29, 1.82) is 0 Å². The molecule has 0 amide bonds. The van der Waals surface area contributed by atoms with Crippen molar-refractivity contribution in [2.45, 2.75) is 18.5 Å². The van der Waals surface area contributed by atoms with Crippen LogP contribution in [0.4, 0.5) is 0 Å². The number of nitrogens with two attached hydrogens (primary N) is 1. The molecule has 3 nitrogen and oxygen atoms in total. The van der Waals surface area contributed by atoms with Gasteiger partial charge >= 0.3 is 0 Å². The minimum absolute atomic E-state index is 0.295. The first kappa shape index (κ1) is 7.98. The Morgan fingerprint density at radius 3 is 2.60 bits per heavy atom. The Morgan fingerprint density at radius 2 is 2.20 bits per heavy atom. The molecule has 60 valence electrons. The highest BCUT2D eigenvalue weighted by molar-refractivity contribution is 4.81. The molecule has 1 aliphatic rings. The number of ether oxygens (including phenoxy) is 1. The summed E-state index contributed by atoms with van der Waals surface area (Å²) in [6.07, 6.45) is 0.989. The quantitative estimate of drug-likeness (QED) is 0.547. The van der Waals surface area contributed by atoms with Crippen molar-refractivity contribution in [3.8, 4) is 0 Å². The zero-order chi connectivity index (χ0) is 7.56. The molecule has 0 aliphatic carbocycles. The Morgan fingerprint density at radius 1 is 1.50 bits per heavy atom. The van der Waals surface area contributed by atoms with Gasteiger partial charge in [0.2, 0.25) is 0 Å². The molecule has 0 bridgehead atoms. The number of nitrogens with zero attached hydrogens (tertiary/aromatic N) is 1. The Labute approximate surface area is 62.1 Å². The Hall–Kier alpha value is -0.120. The number of hydrogen-bond donors (Lipinski definition) is 1. The van der Waals surface area contributed by atoms with E-state index in [1.54, 1.807) is 0 Å². The average Bonchev–Trinajstić information content (AvgIpc) is 1.88. The first-order chi connectivity index (χ1) is 4.72. The van der Waals surface area contributed by atoms with E-state index < -0.39 is 0 Å². The summed E-state index contributed by atoms with van der Waals surface area (Å²) >= 11 is 0. The normalized spacial score (nSPS) is 34.8. The van der Waals surface area contributed by atoms with Gasteiger partial charge in [-0.05, 0) is 20.5 Å². The van der Waals surface area contributed by atoms with Crippen LogP contribution in [0, 0.1) is 0 Å². The van der Waals surface area contributed by atoms with Gasteiger partial charge in [-0.2, -0.15) is 0 Å². The summed E-state index contributed by atoms with van der Waals surface area (Å²) in [4.78, 5) is 2.13. The Balaban J connectivity index is 2.40. The third-order valence-corrected chi connectivity index (χ3v) is 2.04. The monoisotopic (exact) mass is 144 g/mol. The predicted octanol–water partition coefficient (Wildman–Crippen LogP) is -0.336. The lowest BCUT2D eigenvalue weighted by Crippen LogP contribution is -2.50. The summed E-state index contributed by atoms with van der Waals surface area (Å²) in [7, 11) is 4.08. The molecule has 1 rings (SSSR count). The standard InChI is InChI=1S/C7H16N2O/c1-9(2)7-5-10-4-3-6(7)8/h6-7H,3-5,8H2,1-2H3/t6-,7?/m1/s1. The lowest BCUT2D eigenvalue weighted by Gasteiger charge is -2.33. The van der Waals surface area contributed by atoms with Crippen molar-refractivity contribution in [1.82, 2.24) is 4.90 Å². The molecule has 1 unspecified atom stereocenters. The van der Waals surface area contributed by atoms with Crippen LogP contribution in [0.1, 0.15) is 6.42 Å². The van der Waals surface area contributed by atoms with E-state index in [4.69, 9.17) is 10.5 Å². The molecule has 1 heterocycles. The van der Waals surface area contributed by atoms with E-state index >= 15 is 0 Å². The number of likely N-dealkylation sites (N-methyl/N-ethyl adjacent to an activating group) is 1. The van der Waals surface area contributed by atoms with Crippen molar-refractivity contribution < 1.29 is 4.74 Å². The van der Waals surface area contributed by atoms with Crippen LogP contribution in [-0.2, 0) is 4.74 Å².